The van der Waals surface area contributed by atoms with Crippen molar-refractivity contribution < 1.29 is 13.2 Å². The summed E-state index contributed by atoms with van der Waals surface area (Å²) in [7, 11) is -3.55. The third kappa shape index (κ3) is 3.28. The number of carbonyl (C=O) groups excluding carboxylic acids is 1. The first-order valence-corrected chi connectivity index (χ1v) is 8.90. The Labute approximate surface area is 136 Å². The molecule has 5 nitrogen and oxygen atoms in total. The first-order valence-electron chi connectivity index (χ1n) is 7.42. The average Bonchev–Trinajstić information content (AvgIpc) is 2.84. The molecule has 0 aromatic heterocycles. The molecule has 0 spiro atoms. The Morgan fingerprint density at radius 3 is 2.52 bits per heavy atom. The summed E-state index contributed by atoms with van der Waals surface area (Å²) in [5.74, 6) is 0.000680. The van der Waals surface area contributed by atoms with Crippen molar-refractivity contribution in [2.75, 3.05) is 18.0 Å². The van der Waals surface area contributed by atoms with E-state index >= 15 is 0 Å². The first-order chi connectivity index (χ1) is 11.0. The number of amides is 1. The molecule has 3 rings (SSSR count). The standard InChI is InChI=1S/C17H18N2O3S/c1-13-6-8-15(9-7-13)23(21,22)18-10-11-19-16-5-3-2-4-14(16)12-17(19)20/h2-9,18H,10-12H2,1H3. The number of nitrogens with zero attached hydrogens (tertiary/aromatic N) is 1. The molecule has 0 aliphatic carbocycles. The molecule has 1 N–H and O–H groups in total. The van der Waals surface area contributed by atoms with Crippen molar-refractivity contribution in [2.24, 2.45) is 0 Å². The summed E-state index contributed by atoms with van der Waals surface area (Å²) in [6.07, 6.45) is 0.376. The van der Waals surface area contributed by atoms with Crippen LogP contribution in [0.5, 0.6) is 0 Å². The molecule has 120 valence electrons. The lowest BCUT2D eigenvalue weighted by atomic mass is 10.2. The van der Waals surface area contributed by atoms with Crippen LogP contribution in [0.25, 0.3) is 0 Å². The summed E-state index contributed by atoms with van der Waals surface area (Å²) in [5, 5.41) is 0. The lowest BCUT2D eigenvalue weighted by Gasteiger charge is -2.17. The number of fused-ring (bicyclic) bond motifs is 1. The van der Waals surface area contributed by atoms with Crippen molar-refractivity contribution >= 4 is 21.6 Å². The zero-order valence-corrected chi connectivity index (χ0v) is 13.6. The van der Waals surface area contributed by atoms with Crippen LogP contribution in [-0.4, -0.2) is 27.4 Å². The van der Waals surface area contributed by atoms with E-state index in [9.17, 15) is 13.2 Å². The van der Waals surface area contributed by atoms with Gasteiger partial charge in [0.1, 0.15) is 0 Å². The van der Waals surface area contributed by atoms with Gasteiger partial charge in [0.25, 0.3) is 0 Å². The zero-order valence-electron chi connectivity index (χ0n) is 12.8. The fourth-order valence-corrected chi connectivity index (χ4v) is 3.68. The second kappa shape index (κ2) is 6.14. The molecular formula is C17H18N2O3S. The fourth-order valence-electron chi connectivity index (χ4n) is 2.65. The molecule has 1 aliphatic heterocycles. The van der Waals surface area contributed by atoms with Gasteiger partial charge in [-0.2, -0.15) is 0 Å². The Bertz CT molecular complexity index is 829. The Morgan fingerprint density at radius 2 is 1.78 bits per heavy atom. The number of carbonyl (C=O) groups is 1. The van der Waals surface area contributed by atoms with Crippen LogP contribution in [0.2, 0.25) is 0 Å². The number of benzene rings is 2. The monoisotopic (exact) mass is 330 g/mol. The summed E-state index contributed by atoms with van der Waals surface area (Å²) < 4.78 is 27.0. The molecule has 2 aromatic carbocycles. The molecule has 0 atom stereocenters. The lowest BCUT2D eigenvalue weighted by Crippen LogP contribution is -2.36. The highest BCUT2D eigenvalue weighted by Gasteiger charge is 2.26. The molecular weight excluding hydrogens is 312 g/mol. The Morgan fingerprint density at radius 1 is 1.09 bits per heavy atom. The Hall–Kier alpha value is -2.18. The van der Waals surface area contributed by atoms with Crippen LogP contribution in [0, 0.1) is 6.92 Å². The van der Waals surface area contributed by atoms with Gasteiger partial charge < -0.3 is 4.90 Å². The predicted octanol–water partition coefficient (Wildman–Crippen LogP) is 1.86. The maximum absolute atomic E-state index is 12.2. The van der Waals surface area contributed by atoms with E-state index in [0.29, 0.717) is 13.0 Å². The summed E-state index contributed by atoms with van der Waals surface area (Å²) in [4.78, 5) is 13.9. The van der Waals surface area contributed by atoms with Crippen molar-refractivity contribution in [1.82, 2.24) is 4.72 Å². The van der Waals surface area contributed by atoms with Crippen LogP contribution < -0.4 is 9.62 Å². The van der Waals surface area contributed by atoms with Gasteiger partial charge >= 0.3 is 0 Å². The van der Waals surface area contributed by atoms with E-state index in [-0.39, 0.29) is 17.3 Å². The predicted molar refractivity (Wildman–Crippen MR) is 88.9 cm³/mol. The number of aryl methyl sites for hydroxylation is 1. The number of rotatable bonds is 5. The lowest BCUT2D eigenvalue weighted by molar-refractivity contribution is -0.117. The largest absolute Gasteiger partial charge is 0.311 e. The molecule has 6 heteroatoms. The van der Waals surface area contributed by atoms with Gasteiger partial charge in [0.15, 0.2) is 0 Å². The van der Waals surface area contributed by atoms with Gasteiger partial charge in [0.05, 0.1) is 11.3 Å². The minimum atomic E-state index is -3.55. The van der Waals surface area contributed by atoms with E-state index in [2.05, 4.69) is 4.72 Å². The fraction of sp³-hybridized carbons (Fsp3) is 0.235. The molecule has 2 aromatic rings. The van der Waals surface area contributed by atoms with Crippen LogP contribution >= 0.6 is 0 Å². The summed E-state index contributed by atoms with van der Waals surface area (Å²) in [6.45, 7) is 2.40. The molecule has 1 heterocycles. The highest BCUT2D eigenvalue weighted by Crippen LogP contribution is 2.27. The molecule has 1 amide bonds. The molecule has 0 unspecified atom stereocenters. The minimum absolute atomic E-state index is 0.000680. The smallest absolute Gasteiger partial charge is 0.240 e. The van der Waals surface area contributed by atoms with E-state index in [1.807, 2.05) is 31.2 Å². The minimum Gasteiger partial charge on any atom is -0.311 e. The Kier molecular flexibility index (Phi) is 4.19. The third-order valence-corrected chi connectivity index (χ3v) is 5.36. The maximum Gasteiger partial charge on any atom is 0.240 e. The summed E-state index contributed by atoms with van der Waals surface area (Å²) >= 11 is 0. The quantitative estimate of drug-likeness (QED) is 0.910. The van der Waals surface area contributed by atoms with Crippen molar-refractivity contribution in [3.05, 3.63) is 59.7 Å². The molecule has 23 heavy (non-hydrogen) atoms. The number of para-hydroxylation sites is 1. The van der Waals surface area contributed by atoms with Crippen LogP contribution in [0.15, 0.2) is 53.4 Å². The van der Waals surface area contributed by atoms with Gasteiger partial charge in [-0.1, -0.05) is 35.9 Å². The van der Waals surface area contributed by atoms with Gasteiger partial charge in [0.2, 0.25) is 15.9 Å². The maximum atomic E-state index is 12.2. The van der Waals surface area contributed by atoms with Crippen LogP contribution in [0.3, 0.4) is 0 Å². The molecule has 0 fully saturated rings. The van der Waals surface area contributed by atoms with E-state index in [4.69, 9.17) is 0 Å². The van der Waals surface area contributed by atoms with E-state index in [1.54, 1.807) is 29.2 Å². The SMILES string of the molecule is Cc1ccc(S(=O)(=O)NCCN2C(=O)Cc3ccccc32)cc1. The molecule has 1 aliphatic rings. The average molecular weight is 330 g/mol. The van der Waals surface area contributed by atoms with Crippen molar-refractivity contribution in [3.63, 3.8) is 0 Å². The van der Waals surface area contributed by atoms with E-state index < -0.39 is 10.0 Å². The van der Waals surface area contributed by atoms with Crippen molar-refractivity contribution in [3.8, 4) is 0 Å². The number of anilines is 1. The molecule has 0 radical (unpaired) electrons. The number of nitrogens with one attached hydrogen (secondary N) is 1. The zero-order chi connectivity index (χ0) is 16.4. The molecule has 0 bridgehead atoms. The van der Waals surface area contributed by atoms with Crippen LogP contribution in [0.1, 0.15) is 11.1 Å². The van der Waals surface area contributed by atoms with Crippen molar-refractivity contribution in [2.45, 2.75) is 18.2 Å². The van der Waals surface area contributed by atoms with Gasteiger partial charge in [-0.05, 0) is 30.7 Å². The Balaban J connectivity index is 1.65. The number of hydrogen-bond acceptors (Lipinski definition) is 3. The van der Waals surface area contributed by atoms with Crippen molar-refractivity contribution in [1.29, 1.82) is 0 Å². The second-order valence-corrected chi connectivity index (χ2v) is 7.33. The topological polar surface area (TPSA) is 66.5 Å². The number of sulfonamides is 1. The van der Waals surface area contributed by atoms with E-state index in [1.165, 1.54) is 0 Å². The summed E-state index contributed by atoms with van der Waals surface area (Å²) in [6, 6.07) is 14.3. The highest BCUT2D eigenvalue weighted by molar-refractivity contribution is 7.89. The third-order valence-electron chi connectivity index (χ3n) is 3.88. The first kappa shape index (κ1) is 15.7. The molecule has 0 saturated heterocycles. The van der Waals surface area contributed by atoms with Gasteiger partial charge in [-0.15, -0.1) is 0 Å². The van der Waals surface area contributed by atoms with Crippen LogP contribution in [-0.2, 0) is 21.2 Å². The normalized spacial score (nSPS) is 14.1. The molecule has 0 saturated carbocycles. The van der Waals surface area contributed by atoms with E-state index in [0.717, 1.165) is 16.8 Å². The van der Waals surface area contributed by atoms with Gasteiger partial charge in [0, 0.05) is 18.8 Å². The second-order valence-electron chi connectivity index (χ2n) is 5.56. The van der Waals surface area contributed by atoms with Gasteiger partial charge in [-0.3, -0.25) is 4.79 Å². The highest BCUT2D eigenvalue weighted by atomic mass is 32.2. The number of hydrogen-bond donors (Lipinski definition) is 1. The summed E-state index contributed by atoms with van der Waals surface area (Å²) in [5.41, 5.74) is 2.86. The van der Waals surface area contributed by atoms with Gasteiger partial charge in [-0.25, -0.2) is 13.1 Å². The van der Waals surface area contributed by atoms with Crippen LogP contribution in [0.4, 0.5) is 5.69 Å².